The van der Waals surface area contributed by atoms with Crippen LogP contribution in [0, 0.1) is 0 Å². The summed E-state index contributed by atoms with van der Waals surface area (Å²) in [5.41, 5.74) is 1.19. The van der Waals surface area contributed by atoms with Gasteiger partial charge in [-0.05, 0) is 12.1 Å². The van der Waals surface area contributed by atoms with Crippen LogP contribution >= 0.6 is 11.6 Å². The highest BCUT2D eigenvalue weighted by molar-refractivity contribution is 6.30. The molecule has 0 saturated carbocycles. The van der Waals surface area contributed by atoms with E-state index in [2.05, 4.69) is 9.88 Å². The summed E-state index contributed by atoms with van der Waals surface area (Å²) in [7, 11) is 0. The van der Waals surface area contributed by atoms with Crippen molar-refractivity contribution in [3.8, 4) is 0 Å². The van der Waals surface area contributed by atoms with Crippen LogP contribution in [0.2, 0.25) is 5.02 Å². The normalized spacial score (nSPS) is 16.3. The number of rotatable bonds is 3. The number of nitrogens with zero attached hydrogens (tertiary/aromatic N) is 4. The van der Waals surface area contributed by atoms with Gasteiger partial charge in [0.1, 0.15) is 5.65 Å². The van der Waals surface area contributed by atoms with Gasteiger partial charge in [-0.3, -0.25) is 18.9 Å². The maximum absolute atomic E-state index is 12.1. The molecule has 0 bridgehead atoms. The highest BCUT2D eigenvalue weighted by Crippen LogP contribution is 2.10. The first-order valence-electron chi connectivity index (χ1n) is 6.75. The standard InChI is InChI=1S/C14H15ClN4O2/c15-11-1-2-13-16-12(7-14(21)19(13)8-11)9-17-3-5-18(10-20)6-4-17/h1-2,7-8,10H,3-6,9H2. The Balaban J connectivity index is 1.80. The summed E-state index contributed by atoms with van der Waals surface area (Å²) in [6.07, 6.45) is 2.45. The maximum Gasteiger partial charge on any atom is 0.258 e. The van der Waals surface area contributed by atoms with Crippen molar-refractivity contribution in [1.82, 2.24) is 19.2 Å². The molecule has 0 radical (unpaired) electrons. The molecule has 21 heavy (non-hydrogen) atoms. The number of carbonyl (C=O) groups is 1. The molecule has 0 unspecified atom stereocenters. The second-order valence-electron chi connectivity index (χ2n) is 5.08. The zero-order chi connectivity index (χ0) is 14.8. The molecule has 1 fully saturated rings. The minimum absolute atomic E-state index is 0.135. The summed E-state index contributed by atoms with van der Waals surface area (Å²) in [6, 6.07) is 4.99. The first kappa shape index (κ1) is 14.0. The Hall–Kier alpha value is -1.92. The molecule has 1 aliphatic rings. The number of amides is 1. The Labute approximate surface area is 126 Å². The van der Waals surface area contributed by atoms with E-state index in [0.29, 0.717) is 30.3 Å². The monoisotopic (exact) mass is 306 g/mol. The van der Waals surface area contributed by atoms with Crippen LogP contribution in [0.4, 0.5) is 0 Å². The Kier molecular flexibility index (Phi) is 3.90. The Morgan fingerprint density at radius 3 is 2.71 bits per heavy atom. The predicted molar refractivity (Wildman–Crippen MR) is 79.4 cm³/mol. The number of hydrogen-bond acceptors (Lipinski definition) is 4. The van der Waals surface area contributed by atoms with Gasteiger partial charge in [0, 0.05) is 45.0 Å². The zero-order valence-corrected chi connectivity index (χ0v) is 12.2. The van der Waals surface area contributed by atoms with Gasteiger partial charge in [0.25, 0.3) is 5.56 Å². The topological polar surface area (TPSA) is 57.9 Å². The lowest BCUT2D eigenvalue weighted by molar-refractivity contribution is -0.119. The van der Waals surface area contributed by atoms with Gasteiger partial charge in [0.2, 0.25) is 6.41 Å². The number of aromatic nitrogens is 2. The molecule has 2 aromatic rings. The van der Waals surface area contributed by atoms with Gasteiger partial charge in [0.05, 0.1) is 10.7 Å². The fourth-order valence-corrected chi connectivity index (χ4v) is 2.62. The van der Waals surface area contributed by atoms with E-state index in [-0.39, 0.29) is 5.56 Å². The van der Waals surface area contributed by atoms with Crippen molar-refractivity contribution in [2.24, 2.45) is 0 Å². The van der Waals surface area contributed by atoms with Gasteiger partial charge in [-0.25, -0.2) is 4.98 Å². The van der Waals surface area contributed by atoms with Crippen molar-refractivity contribution in [2.75, 3.05) is 26.2 Å². The lowest BCUT2D eigenvalue weighted by Gasteiger charge is -2.32. The lowest BCUT2D eigenvalue weighted by Crippen LogP contribution is -2.45. The van der Waals surface area contributed by atoms with E-state index in [9.17, 15) is 9.59 Å². The average Bonchev–Trinajstić information content (AvgIpc) is 2.49. The molecule has 1 amide bonds. The number of halogens is 1. The molecule has 0 atom stereocenters. The van der Waals surface area contributed by atoms with Crippen molar-refractivity contribution < 1.29 is 4.79 Å². The van der Waals surface area contributed by atoms with Crippen molar-refractivity contribution in [3.05, 3.63) is 45.5 Å². The SMILES string of the molecule is O=CN1CCN(Cc2cc(=O)n3cc(Cl)ccc3n2)CC1. The van der Waals surface area contributed by atoms with E-state index >= 15 is 0 Å². The minimum atomic E-state index is -0.135. The number of carbonyl (C=O) groups excluding carboxylic acids is 1. The largest absolute Gasteiger partial charge is 0.343 e. The van der Waals surface area contributed by atoms with E-state index in [4.69, 9.17) is 11.6 Å². The van der Waals surface area contributed by atoms with E-state index in [0.717, 1.165) is 25.2 Å². The van der Waals surface area contributed by atoms with E-state index < -0.39 is 0 Å². The van der Waals surface area contributed by atoms with Crippen molar-refractivity contribution in [2.45, 2.75) is 6.54 Å². The molecule has 110 valence electrons. The summed E-state index contributed by atoms with van der Waals surface area (Å²) in [6.45, 7) is 3.62. The first-order chi connectivity index (χ1) is 10.2. The van der Waals surface area contributed by atoms with Crippen LogP contribution in [0.1, 0.15) is 5.69 Å². The molecule has 3 rings (SSSR count). The van der Waals surface area contributed by atoms with Crippen LogP contribution in [0.15, 0.2) is 29.2 Å². The van der Waals surface area contributed by atoms with Crippen molar-refractivity contribution >= 4 is 23.7 Å². The van der Waals surface area contributed by atoms with Gasteiger partial charge >= 0.3 is 0 Å². The third-order valence-electron chi connectivity index (χ3n) is 3.62. The van der Waals surface area contributed by atoms with Crippen LogP contribution in [-0.4, -0.2) is 51.8 Å². The molecule has 2 aromatic heterocycles. The van der Waals surface area contributed by atoms with Gasteiger partial charge in [-0.15, -0.1) is 0 Å². The first-order valence-corrected chi connectivity index (χ1v) is 7.13. The Bertz CT molecular complexity index is 722. The van der Waals surface area contributed by atoms with E-state index in [1.54, 1.807) is 23.2 Å². The fraction of sp³-hybridized carbons (Fsp3) is 0.357. The van der Waals surface area contributed by atoms with Crippen molar-refractivity contribution in [3.63, 3.8) is 0 Å². The molecule has 6 nitrogen and oxygen atoms in total. The maximum atomic E-state index is 12.1. The van der Waals surface area contributed by atoms with Crippen LogP contribution < -0.4 is 5.56 Å². The smallest absolute Gasteiger partial charge is 0.258 e. The van der Waals surface area contributed by atoms with Gasteiger partial charge in [-0.2, -0.15) is 0 Å². The highest BCUT2D eigenvalue weighted by atomic mass is 35.5. The highest BCUT2D eigenvalue weighted by Gasteiger charge is 2.16. The van der Waals surface area contributed by atoms with Gasteiger partial charge in [-0.1, -0.05) is 11.6 Å². The summed E-state index contributed by atoms with van der Waals surface area (Å²) in [4.78, 5) is 31.2. The number of piperazine rings is 1. The number of fused-ring (bicyclic) bond motifs is 1. The lowest BCUT2D eigenvalue weighted by atomic mass is 10.3. The van der Waals surface area contributed by atoms with Gasteiger partial charge < -0.3 is 4.90 Å². The van der Waals surface area contributed by atoms with E-state index in [1.807, 2.05) is 0 Å². The molecule has 0 aliphatic carbocycles. The van der Waals surface area contributed by atoms with Gasteiger partial charge in [0.15, 0.2) is 0 Å². The molecule has 0 aromatic carbocycles. The summed E-state index contributed by atoms with van der Waals surface area (Å²) in [5, 5.41) is 0.504. The molecule has 7 heteroatoms. The number of hydrogen-bond donors (Lipinski definition) is 0. The third-order valence-corrected chi connectivity index (χ3v) is 3.84. The predicted octanol–water partition coefficient (Wildman–Crippen LogP) is 0.622. The number of pyridine rings is 1. The molecule has 1 saturated heterocycles. The molecule has 3 heterocycles. The molecular formula is C14H15ClN4O2. The summed E-state index contributed by atoms with van der Waals surface area (Å²) in [5.74, 6) is 0. The van der Waals surface area contributed by atoms with E-state index in [1.165, 1.54) is 10.5 Å². The van der Waals surface area contributed by atoms with Crippen molar-refractivity contribution in [1.29, 1.82) is 0 Å². The Morgan fingerprint density at radius 2 is 2.00 bits per heavy atom. The third kappa shape index (κ3) is 3.06. The quantitative estimate of drug-likeness (QED) is 0.780. The summed E-state index contributed by atoms with van der Waals surface area (Å²) < 4.78 is 1.44. The fourth-order valence-electron chi connectivity index (χ4n) is 2.46. The minimum Gasteiger partial charge on any atom is -0.343 e. The van der Waals surface area contributed by atoms with Crippen LogP contribution in [0.5, 0.6) is 0 Å². The van der Waals surface area contributed by atoms with Crippen LogP contribution in [0.3, 0.4) is 0 Å². The zero-order valence-electron chi connectivity index (χ0n) is 11.4. The van der Waals surface area contributed by atoms with Crippen LogP contribution in [-0.2, 0) is 11.3 Å². The molecule has 1 aliphatic heterocycles. The molecular weight excluding hydrogens is 292 g/mol. The van der Waals surface area contributed by atoms with Crippen LogP contribution in [0.25, 0.3) is 5.65 Å². The molecule has 0 N–H and O–H groups in total. The average molecular weight is 307 g/mol. The summed E-state index contributed by atoms with van der Waals surface area (Å²) >= 11 is 5.88. The second-order valence-corrected chi connectivity index (χ2v) is 5.52. The second kappa shape index (κ2) is 5.83. The Morgan fingerprint density at radius 1 is 1.24 bits per heavy atom. The molecule has 0 spiro atoms.